The van der Waals surface area contributed by atoms with Crippen LogP contribution in [-0.4, -0.2) is 24.6 Å². The van der Waals surface area contributed by atoms with Gasteiger partial charge in [-0.2, -0.15) is 0 Å². The monoisotopic (exact) mass is 240 g/mol. The first-order chi connectivity index (χ1) is 8.13. The molecule has 0 atom stereocenters. The molecule has 1 aliphatic carbocycles. The van der Waals surface area contributed by atoms with Gasteiger partial charge in [0.2, 0.25) is 0 Å². The van der Waals surface area contributed by atoms with Crippen molar-refractivity contribution in [3.63, 3.8) is 0 Å². The number of rotatable bonds is 4. The summed E-state index contributed by atoms with van der Waals surface area (Å²) in [5.74, 6) is -0.907. The van der Waals surface area contributed by atoms with E-state index in [1.807, 2.05) is 0 Å². The van der Waals surface area contributed by atoms with E-state index in [1.54, 1.807) is 13.8 Å². The van der Waals surface area contributed by atoms with Crippen molar-refractivity contribution in [2.45, 2.75) is 52.1 Å². The number of hydrogen-bond donors (Lipinski definition) is 0. The molecule has 96 valence electrons. The van der Waals surface area contributed by atoms with Gasteiger partial charge in [-0.25, -0.2) is 9.59 Å². The Hall–Kier alpha value is -1.32. The zero-order valence-corrected chi connectivity index (χ0v) is 10.5. The Kier molecular flexibility index (Phi) is 5.73. The molecular formula is C13H20O4. The number of ether oxygens (including phenoxy) is 2. The zero-order valence-electron chi connectivity index (χ0n) is 10.5. The minimum Gasteiger partial charge on any atom is -0.463 e. The number of carbonyl (C=O) groups excluding carboxylic acids is 2. The van der Waals surface area contributed by atoms with Gasteiger partial charge >= 0.3 is 11.9 Å². The molecule has 17 heavy (non-hydrogen) atoms. The largest absolute Gasteiger partial charge is 0.463 e. The molecule has 1 fully saturated rings. The van der Waals surface area contributed by atoms with Gasteiger partial charge in [-0.15, -0.1) is 0 Å². The highest BCUT2D eigenvalue weighted by Crippen LogP contribution is 2.21. The fraction of sp³-hybridized carbons (Fsp3) is 0.692. The second-order valence-electron chi connectivity index (χ2n) is 4.24. The van der Waals surface area contributed by atoms with Gasteiger partial charge in [0.1, 0.15) is 6.10 Å². The second-order valence-corrected chi connectivity index (χ2v) is 4.24. The first kappa shape index (κ1) is 13.7. The molecule has 0 saturated heterocycles. The van der Waals surface area contributed by atoms with Crippen molar-refractivity contribution in [1.29, 1.82) is 0 Å². The topological polar surface area (TPSA) is 52.6 Å². The second kappa shape index (κ2) is 7.09. The molecule has 0 aliphatic heterocycles. The molecule has 0 aromatic heterocycles. The summed E-state index contributed by atoms with van der Waals surface area (Å²) in [5, 5.41) is 0. The van der Waals surface area contributed by atoms with Crippen LogP contribution < -0.4 is 0 Å². The van der Waals surface area contributed by atoms with E-state index in [0.717, 1.165) is 25.7 Å². The Labute approximate surface area is 102 Å². The Morgan fingerprint density at radius 1 is 1.24 bits per heavy atom. The van der Waals surface area contributed by atoms with E-state index in [0.29, 0.717) is 12.2 Å². The van der Waals surface area contributed by atoms with Crippen molar-refractivity contribution in [2.24, 2.45) is 0 Å². The fourth-order valence-electron chi connectivity index (χ4n) is 1.85. The van der Waals surface area contributed by atoms with Crippen molar-refractivity contribution < 1.29 is 19.1 Å². The van der Waals surface area contributed by atoms with Crippen LogP contribution in [0.1, 0.15) is 46.0 Å². The normalized spacial score (nSPS) is 17.6. The lowest BCUT2D eigenvalue weighted by atomic mass is 9.98. The SMILES string of the molecule is CCOC(=O)/C=C(\C)C(=O)OC1CCCCC1. The van der Waals surface area contributed by atoms with E-state index in [9.17, 15) is 9.59 Å². The van der Waals surface area contributed by atoms with Crippen molar-refractivity contribution >= 4 is 11.9 Å². The summed E-state index contributed by atoms with van der Waals surface area (Å²) in [6, 6.07) is 0. The van der Waals surface area contributed by atoms with Crippen LogP contribution in [0.2, 0.25) is 0 Å². The third kappa shape index (κ3) is 5.02. The van der Waals surface area contributed by atoms with E-state index in [-0.39, 0.29) is 6.10 Å². The van der Waals surface area contributed by atoms with Gasteiger partial charge in [-0.3, -0.25) is 0 Å². The molecule has 0 radical (unpaired) electrons. The van der Waals surface area contributed by atoms with Gasteiger partial charge in [0, 0.05) is 11.6 Å². The smallest absolute Gasteiger partial charge is 0.334 e. The Morgan fingerprint density at radius 3 is 2.47 bits per heavy atom. The zero-order chi connectivity index (χ0) is 12.7. The molecule has 0 unspecified atom stereocenters. The highest BCUT2D eigenvalue weighted by Gasteiger charge is 2.18. The molecule has 1 rings (SSSR count). The fourth-order valence-corrected chi connectivity index (χ4v) is 1.85. The summed E-state index contributed by atoms with van der Waals surface area (Å²) in [5.41, 5.74) is 0.300. The van der Waals surface area contributed by atoms with Crippen LogP contribution >= 0.6 is 0 Å². The molecule has 4 nitrogen and oxygen atoms in total. The molecule has 0 N–H and O–H groups in total. The van der Waals surface area contributed by atoms with Crippen LogP contribution in [0.3, 0.4) is 0 Å². The standard InChI is InChI=1S/C13H20O4/c1-3-16-12(14)9-10(2)13(15)17-11-7-5-4-6-8-11/h9,11H,3-8H2,1-2H3/b10-9+. The van der Waals surface area contributed by atoms with Crippen molar-refractivity contribution in [3.8, 4) is 0 Å². The molecule has 0 bridgehead atoms. The molecule has 0 aromatic rings. The summed E-state index contributed by atoms with van der Waals surface area (Å²) in [6.07, 6.45) is 6.50. The van der Waals surface area contributed by atoms with E-state index in [4.69, 9.17) is 9.47 Å². The average Bonchev–Trinajstić information content (AvgIpc) is 2.30. The Morgan fingerprint density at radius 2 is 1.88 bits per heavy atom. The highest BCUT2D eigenvalue weighted by atomic mass is 16.5. The van der Waals surface area contributed by atoms with Crippen molar-refractivity contribution in [2.75, 3.05) is 6.61 Å². The van der Waals surface area contributed by atoms with E-state index >= 15 is 0 Å². The molecule has 0 heterocycles. The number of hydrogen-bond acceptors (Lipinski definition) is 4. The van der Waals surface area contributed by atoms with Crippen LogP contribution in [-0.2, 0) is 19.1 Å². The van der Waals surface area contributed by atoms with Gasteiger partial charge in [0.25, 0.3) is 0 Å². The van der Waals surface area contributed by atoms with Gasteiger partial charge in [-0.05, 0) is 39.5 Å². The van der Waals surface area contributed by atoms with Crippen molar-refractivity contribution in [3.05, 3.63) is 11.6 Å². The lowest BCUT2D eigenvalue weighted by Gasteiger charge is -2.21. The van der Waals surface area contributed by atoms with E-state index in [2.05, 4.69) is 0 Å². The van der Waals surface area contributed by atoms with Gasteiger partial charge in [0.05, 0.1) is 6.61 Å². The molecule has 4 heteroatoms. The maximum absolute atomic E-state index is 11.7. The Balaban J connectivity index is 2.42. The minimum atomic E-state index is -0.495. The first-order valence-electron chi connectivity index (χ1n) is 6.19. The third-order valence-corrected chi connectivity index (χ3v) is 2.77. The molecule has 0 spiro atoms. The lowest BCUT2D eigenvalue weighted by molar-refractivity contribution is -0.146. The third-order valence-electron chi connectivity index (χ3n) is 2.77. The molecule has 0 aromatic carbocycles. The predicted octanol–water partition coefficient (Wildman–Crippen LogP) is 2.37. The highest BCUT2D eigenvalue weighted by molar-refractivity contribution is 5.95. The first-order valence-corrected chi connectivity index (χ1v) is 6.19. The number of carbonyl (C=O) groups is 2. The van der Waals surface area contributed by atoms with E-state index < -0.39 is 11.9 Å². The average molecular weight is 240 g/mol. The molecular weight excluding hydrogens is 220 g/mol. The summed E-state index contributed by atoms with van der Waals surface area (Å²) in [4.78, 5) is 22.8. The van der Waals surface area contributed by atoms with Gasteiger partial charge in [-0.1, -0.05) is 6.42 Å². The van der Waals surface area contributed by atoms with Crippen LogP contribution in [0.5, 0.6) is 0 Å². The molecule has 1 aliphatic rings. The summed E-state index contributed by atoms with van der Waals surface area (Å²) < 4.78 is 10.0. The van der Waals surface area contributed by atoms with Gasteiger partial charge in [0.15, 0.2) is 0 Å². The summed E-state index contributed by atoms with van der Waals surface area (Å²) in [6.45, 7) is 3.60. The summed E-state index contributed by atoms with van der Waals surface area (Å²) in [7, 11) is 0. The maximum atomic E-state index is 11.7. The maximum Gasteiger partial charge on any atom is 0.334 e. The Bertz CT molecular complexity index is 301. The van der Waals surface area contributed by atoms with Crippen molar-refractivity contribution in [1.82, 2.24) is 0 Å². The van der Waals surface area contributed by atoms with Crippen LogP contribution in [0, 0.1) is 0 Å². The van der Waals surface area contributed by atoms with Crippen LogP contribution in [0.4, 0.5) is 0 Å². The summed E-state index contributed by atoms with van der Waals surface area (Å²) >= 11 is 0. The van der Waals surface area contributed by atoms with Gasteiger partial charge < -0.3 is 9.47 Å². The van der Waals surface area contributed by atoms with Crippen LogP contribution in [0.25, 0.3) is 0 Å². The molecule has 0 amide bonds. The number of esters is 2. The van der Waals surface area contributed by atoms with E-state index in [1.165, 1.54) is 12.5 Å². The lowest BCUT2D eigenvalue weighted by Crippen LogP contribution is -2.21. The predicted molar refractivity (Wildman–Crippen MR) is 63.4 cm³/mol. The molecule has 1 saturated carbocycles. The minimum absolute atomic E-state index is 0.0156. The quantitative estimate of drug-likeness (QED) is 0.559. The van der Waals surface area contributed by atoms with Crippen LogP contribution in [0.15, 0.2) is 11.6 Å².